The second-order valence-corrected chi connectivity index (χ2v) is 8.61. The van der Waals surface area contributed by atoms with Gasteiger partial charge in [0, 0.05) is 36.7 Å². The van der Waals surface area contributed by atoms with Crippen molar-refractivity contribution in [2.45, 2.75) is 31.1 Å². The van der Waals surface area contributed by atoms with Gasteiger partial charge in [0.1, 0.15) is 12.0 Å². The number of likely N-dealkylation sites (tertiary alicyclic amines) is 1. The standard InChI is InChI=1S/C27H28N2O3/c30-26(11-16-32-24-10-9-20-5-1-2-6-21(20)18-24)29-14-12-27(31,13-15-29)23-17-22-7-3-4-8-25(22)28-19-23/h1-10,17-19,26,30-31H,11-16H2/t26-/m0/s1. The second-order valence-electron chi connectivity index (χ2n) is 8.61. The Balaban J connectivity index is 1.15. The first kappa shape index (κ1) is 20.9. The highest BCUT2D eigenvalue weighted by atomic mass is 16.5. The quantitative estimate of drug-likeness (QED) is 0.475. The highest BCUT2D eigenvalue weighted by Crippen LogP contribution is 2.34. The summed E-state index contributed by atoms with van der Waals surface area (Å²) in [6, 6.07) is 24.2. The van der Waals surface area contributed by atoms with Crippen LogP contribution in [0.25, 0.3) is 21.7 Å². The summed E-state index contributed by atoms with van der Waals surface area (Å²) in [6.07, 6.45) is 2.84. The summed E-state index contributed by atoms with van der Waals surface area (Å²) in [5, 5.41) is 25.3. The fraction of sp³-hybridized carbons (Fsp3) is 0.296. The van der Waals surface area contributed by atoms with Crippen LogP contribution in [-0.4, -0.2) is 46.0 Å². The van der Waals surface area contributed by atoms with Gasteiger partial charge in [0.15, 0.2) is 0 Å². The van der Waals surface area contributed by atoms with Crippen LogP contribution in [0.15, 0.2) is 79.0 Å². The maximum atomic E-state index is 11.2. The van der Waals surface area contributed by atoms with Gasteiger partial charge in [-0.05, 0) is 47.9 Å². The fourth-order valence-corrected chi connectivity index (χ4v) is 4.53. The summed E-state index contributed by atoms with van der Waals surface area (Å²) in [4.78, 5) is 6.52. The first-order chi connectivity index (χ1) is 15.6. The van der Waals surface area contributed by atoms with E-state index < -0.39 is 11.8 Å². The molecule has 5 nitrogen and oxygen atoms in total. The molecule has 0 bridgehead atoms. The van der Waals surface area contributed by atoms with Crippen LogP contribution in [0, 0.1) is 0 Å². The van der Waals surface area contributed by atoms with Crippen molar-refractivity contribution < 1.29 is 14.9 Å². The number of aliphatic hydroxyl groups excluding tert-OH is 1. The van der Waals surface area contributed by atoms with E-state index in [-0.39, 0.29) is 0 Å². The van der Waals surface area contributed by atoms with E-state index in [1.54, 1.807) is 6.20 Å². The van der Waals surface area contributed by atoms with Crippen LogP contribution in [0.4, 0.5) is 0 Å². The van der Waals surface area contributed by atoms with E-state index in [9.17, 15) is 10.2 Å². The predicted octanol–water partition coefficient (Wildman–Crippen LogP) is 4.46. The van der Waals surface area contributed by atoms with Crippen molar-refractivity contribution in [2.75, 3.05) is 19.7 Å². The van der Waals surface area contributed by atoms with E-state index in [1.165, 1.54) is 5.39 Å². The van der Waals surface area contributed by atoms with Crippen molar-refractivity contribution >= 4 is 21.7 Å². The van der Waals surface area contributed by atoms with Crippen LogP contribution >= 0.6 is 0 Å². The van der Waals surface area contributed by atoms with Gasteiger partial charge in [-0.2, -0.15) is 0 Å². The molecule has 0 amide bonds. The zero-order valence-electron chi connectivity index (χ0n) is 18.0. The Bertz CT molecular complexity index is 1220. The Labute approximate surface area is 187 Å². The second kappa shape index (κ2) is 8.87. The van der Waals surface area contributed by atoms with Crippen LogP contribution in [-0.2, 0) is 5.60 Å². The van der Waals surface area contributed by atoms with Crippen molar-refractivity contribution in [2.24, 2.45) is 0 Å². The lowest BCUT2D eigenvalue weighted by atomic mass is 9.84. The molecule has 4 aromatic rings. The molecule has 3 aromatic carbocycles. The molecule has 1 aromatic heterocycles. The van der Waals surface area contributed by atoms with Gasteiger partial charge in [-0.15, -0.1) is 0 Å². The lowest BCUT2D eigenvalue weighted by molar-refractivity contribution is -0.0819. The molecule has 32 heavy (non-hydrogen) atoms. The zero-order valence-corrected chi connectivity index (χ0v) is 18.0. The number of fused-ring (bicyclic) bond motifs is 2. The maximum Gasteiger partial charge on any atom is 0.119 e. The van der Waals surface area contributed by atoms with Crippen molar-refractivity contribution in [3.05, 3.63) is 84.6 Å². The summed E-state index contributed by atoms with van der Waals surface area (Å²) < 4.78 is 5.88. The largest absolute Gasteiger partial charge is 0.493 e. The molecule has 2 N–H and O–H groups in total. The number of benzene rings is 3. The van der Waals surface area contributed by atoms with Gasteiger partial charge >= 0.3 is 0 Å². The molecular formula is C27H28N2O3. The molecule has 1 saturated heterocycles. The molecule has 0 spiro atoms. The number of hydrogen-bond donors (Lipinski definition) is 2. The number of aliphatic hydroxyl groups is 2. The zero-order chi connectivity index (χ0) is 22.0. The van der Waals surface area contributed by atoms with E-state index in [1.807, 2.05) is 65.6 Å². The van der Waals surface area contributed by atoms with Gasteiger partial charge in [0.2, 0.25) is 0 Å². The number of nitrogens with zero attached hydrogens (tertiary/aromatic N) is 2. The number of hydrogen-bond acceptors (Lipinski definition) is 5. The number of piperidine rings is 1. The topological polar surface area (TPSA) is 65.8 Å². The summed E-state index contributed by atoms with van der Waals surface area (Å²) in [5.74, 6) is 0.813. The van der Waals surface area contributed by atoms with Gasteiger partial charge in [0.25, 0.3) is 0 Å². The lowest BCUT2D eigenvalue weighted by Gasteiger charge is -2.40. The molecular weight excluding hydrogens is 400 g/mol. The van der Waals surface area contributed by atoms with E-state index in [2.05, 4.69) is 17.1 Å². The highest BCUT2D eigenvalue weighted by Gasteiger charge is 2.36. The normalized spacial score (nSPS) is 17.4. The van der Waals surface area contributed by atoms with Gasteiger partial charge in [-0.25, -0.2) is 0 Å². The molecule has 1 aliphatic rings. The Hall–Kier alpha value is -2.99. The predicted molar refractivity (Wildman–Crippen MR) is 127 cm³/mol. The molecule has 164 valence electrons. The first-order valence-electron chi connectivity index (χ1n) is 11.2. The van der Waals surface area contributed by atoms with E-state index in [0.717, 1.165) is 27.6 Å². The highest BCUT2D eigenvalue weighted by molar-refractivity contribution is 5.83. The molecule has 1 fully saturated rings. The third kappa shape index (κ3) is 4.32. The van der Waals surface area contributed by atoms with Gasteiger partial charge in [-0.3, -0.25) is 9.88 Å². The van der Waals surface area contributed by atoms with E-state index in [4.69, 9.17) is 4.74 Å². The van der Waals surface area contributed by atoms with Crippen LogP contribution in [0.5, 0.6) is 5.75 Å². The van der Waals surface area contributed by atoms with Crippen molar-refractivity contribution in [3.63, 3.8) is 0 Å². The summed E-state index contributed by atoms with van der Waals surface area (Å²) in [5.41, 5.74) is 0.874. The van der Waals surface area contributed by atoms with E-state index >= 15 is 0 Å². The summed E-state index contributed by atoms with van der Waals surface area (Å²) >= 11 is 0. The molecule has 1 atom stereocenters. The van der Waals surface area contributed by atoms with Gasteiger partial charge < -0.3 is 14.9 Å². The number of ether oxygens (including phenoxy) is 1. The van der Waals surface area contributed by atoms with Crippen molar-refractivity contribution in [1.29, 1.82) is 0 Å². The Morgan fingerprint density at radius 3 is 2.44 bits per heavy atom. The molecule has 5 heteroatoms. The van der Waals surface area contributed by atoms with Crippen molar-refractivity contribution in [3.8, 4) is 5.75 Å². The van der Waals surface area contributed by atoms with Crippen molar-refractivity contribution in [1.82, 2.24) is 9.88 Å². The average Bonchev–Trinajstić information content (AvgIpc) is 2.84. The molecule has 1 aliphatic heterocycles. The minimum atomic E-state index is -0.908. The van der Waals surface area contributed by atoms with Gasteiger partial charge in [-0.1, -0.05) is 48.5 Å². The monoisotopic (exact) mass is 428 g/mol. The molecule has 0 unspecified atom stereocenters. The van der Waals surface area contributed by atoms with Crippen LogP contribution < -0.4 is 4.74 Å². The molecule has 2 heterocycles. The summed E-state index contributed by atoms with van der Waals surface area (Å²) in [7, 11) is 0. The Kier molecular flexibility index (Phi) is 5.79. The molecule has 0 saturated carbocycles. The van der Waals surface area contributed by atoms with Gasteiger partial charge in [0.05, 0.1) is 17.7 Å². The maximum absolute atomic E-state index is 11.2. The average molecular weight is 429 g/mol. The molecule has 0 aliphatic carbocycles. The Morgan fingerprint density at radius 2 is 1.62 bits per heavy atom. The smallest absolute Gasteiger partial charge is 0.119 e. The Morgan fingerprint density at radius 1 is 0.906 bits per heavy atom. The van der Waals surface area contributed by atoms with Crippen LogP contribution in [0.2, 0.25) is 0 Å². The SMILES string of the molecule is O[C@@H](CCOc1ccc2ccccc2c1)N1CCC(O)(c2cnc3ccccc3c2)CC1. The fourth-order valence-electron chi connectivity index (χ4n) is 4.53. The van der Waals surface area contributed by atoms with E-state index in [0.29, 0.717) is 39.0 Å². The molecule has 0 radical (unpaired) electrons. The minimum absolute atomic E-state index is 0.439. The minimum Gasteiger partial charge on any atom is -0.493 e. The molecule has 5 rings (SSSR count). The first-order valence-corrected chi connectivity index (χ1v) is 11.2. The number of aromatic nitrogens is 1. The third-order valence-electron chi connectivity index (χ3n) is 6.54. The number of para-hydroxylation sites is 1. The number of pyridine rings is 1. The summed E-state index contributed by atoms with van der Waals surface area (Å²) in [6.45, 7) is 1.69. The number of rotatable bonds is 6. The third-order valence-corrected chi connectivity index (χ3v) is 6.54. The van der Waals surface area contributed by atoms with Crippen LogP contribution in [0.3, 0.4) is 0 Å². The lowest BCUT2D eigenvalue weighted by Crippen LogP contribution is -2.47. The van der Waals surface area contributed by atoms with Crippen LogP contribution in [0.1, 0.15) is 24.8 Å².